The average Bonchev–Trinajstić information content (AvgIpc) is 2.42. The van der Waals surface area contributed by atoms with Gasteiger partial charge in [-0.15, -0.1) is 0 Å². The van der Waals surface area contributed by atoms with Crippen LogP contribution in [-0.4, -0.2) is 17.2 Å². The number of fused-ring (bicyclic) bond motifs is 1. The van der Waals surface area contributed by atoms with Crippen LogP contribution >= 0.6 is 0 Å². The Balaban J connectivity index is 2.63. The minimum atomic E-state index is -1.05. The SMILES string of the molecule is CCc1c(C)c2ccc(O[C@@H](C)C(=O)O)c(C)c2oc1=O. The number of aliphatic carboxylic acids is 1. The number of carbonyl (C=O) groups is 1. The number of carboxylic acids is 1. The molecule has 0 fully saturated rings. The van der Waals surface area contributed by atoms with Crippen LogP contribution in [0.2, 0.25) is 0 Å². The van der Waals surface area contributed by atoms with Crippen molar-refractivity contribution in [3.05, 3.63) is 39.2 Å². The predicted octanol–water partition coefficient (Wildman–Crippen LogP) is 2.82. The fraction of sp³-hybridized carbons (Fsp3) is 0.375. The van der Waals surface area contributed by atoms with Crippen molar-refractivity contribution in [3.63, 3.8) is 0 Å². The lowest BCUT2D eigenvalue weighted by molar-refractivity contribution is -0.144. The molecule has 5 nitrogen and oxygen atoms in total. The molecule has 21 heavy (non-hydrogen) atoms. The summed E-state index contributed by atoms with van der Waals surface area (Å²) in [5.41, 5.74) is 2.28. The zero-order valence-electron chi connectivity index (χ0n) is 12.5. The molecule has 1 atom stereocenters. The molecule has 0 aliphatic carbocycles. The van der Waals surface area contributed by atoms with E-state index in [1.807, 2.05) is 13.8 Å². The van der Waals surface area contributed by atoms with Crippen molar-refractivity contribution in [1.29, 1.82) is 0 Å². The minimum absolute atomic E-state index is 0.353. The van der Waals surface area contributed by atoms with E-state index >= 15 is 0 Å². The molecule has 112 valence electrons. The van der Waals surface area contributed by atoms with Crippen LogP contribution in [0.25, 0.3) is 11.0 Å². The second-order valence-corrected chi connectivity index (χ2v) is 5.01. The van der Waals surface area contributed by atoms with Gasteiger partial charge in [0.15, 0.2) is 6.10 Å². The highest BCUT2D eigenvalue weighted by Gasteiger charge is 2.17. The number of aryl methyl sites for hydroxylation is 2. The van der Waals surface area contributed by atoms with Gasteiger partial charge in [-0.05, 0) is 44.9 Å². The summed E-state index contributed by atoms with van der Waals surface area (Å²) in [6.45, 7) is 7.00. The van der Waals surface area contributed by atoms with Crippen molar-refractivity contribution in [3.8, 4) is 5.75 Å². The van der Waals surface area contributed by atoms with Crippen LogP contribution in [0, 0.1) is 13.8 Å². The van der Waals surface area contributed by atoms with Crippen LogP contribution < -0.4 is 10.4 Å². The minimum Gasteiger partial charge on any atom is -0.479 e. The Morgan fingerprint density at radius 2 is 2.00 bits per heavy atom. The second kappa shape index (κ2) is 5.60. The van der Waals surface area contributed by atoms with Gasteiger partial charge >= 0.3 is 11.6 Å². The highest BCUT2D eigenvalue weighted by molar-refractivity contribution is 5.85. The van der Waals surface area contributed by atoms with Gasteiger partial charge in [-0.25, -0.2) is 9.59 Å². The molecule has 0 saturated heterocycles. The van der Waals surface area contributed by atoms with E-state index in [1.54, 1.807) is 19.1 Å². The Hall–Kier alpha value is -2.30. The van der Waals surface area contributed by atoms with Gasteiger partial charge in [-0.3, -0.25) is 0 Å². The van der Waals surface area contributed by atoms with E-state index in [9.17, 15) is 9.59 Å². The Kier molecular flexibility index (Phi) is 4.02. The standard InChI is InChI=1S/C16H18O5/c1-5-11-8(2)12-6-7-13(20-10(4)15(17)18)9(3)14(12)21-16(11)19/h6-7,10H,5H2,1-4H3,(H,17,18)/t10-/m0/s1. The van der Waals surface area contributed by atoms with Gasteiger partial charge in [-0.1, -0.05) is 6.92 Å². The first-order valence-electron chi connectivity index (χ1n) is 6.82. The molecule has 0 aliphatic heterocycles. The van der Waals surface area contributed by atoms with Crippen molar-refractivity contribution >= 4 is 16.9 Å². The van der Waals surface area contributed by atoms with E-state index in [1.165, 1.54) is 6.92 Å². The van der Waals surface area contributed by atoms with E-state index in [0.717, 1.165) is 10.9 Å². The molecule has 1 aromatic heterocycles. The monoisotopic (exact) mass is 290 g/mol. The van der Waals surface area contributed by atoms with Crippen molar-refractivity contribution < 1.29 is 19.1 Å². The molecule has 5 heteroatoms. The first-order chi connectivity index (χ1) is 9.86. The van der Waals surface area contributed by atoms with E-state index < -0.39 is 12.1 Å². The van der Waals surface area contributed by atoms with Gasteiger partial charge in [-0.2, -0.15) is 0 Å². The summed E-state index contributed by atoms with van der Waals surface area (Å²) in [4.78, 5) is 22.8. The van der Waals surface area contributed by atoms with E-state index in [4.69, 9.17) is 14.3 Å². The largest absolute Gasteiger partial charge is 0.479 e. The maximum atomic E-state index is 12.0. The third kappa shape index (κ3) is 2.63. The molecule has 1 aromatic carbocycles. The molecule has 2 aromatic rings. The van der Waals surface area contributed by atoms with Crippen LogP contribution in [0.5, 0.6) is 5.75 Å². The van der Waals surface area contributed by atoms with Crippen molar-refractivity contribution in [1.82, 2.24) is 0 Å². The van der Waals surface area contributed by atoms with Crippen LogP contribution in [0.3, 0.4) is 0 Å². The zero-order valence-corrected chi connectivity index (χ0v) is 12.5. The van der Waals surface area contributed by atoms with Gasteiger partial charge in [0.1, 0.15) is 11.3 Å². The number of hydrogen-bond donors (Lipinski definition) is 1. The molecule has 0 spiro atoms. The summed E-state index contributed by atoms with van der Waals surface area (Å²) in [6.07, 6.45) is -0.360. The van der Waals surface area contributed by atoms with Gasteiger partial charge in [0, 0.05) is 16.5 Å². The molecular formula is C16H18O5. The molecular weight excluding hydrogens is 272 g/mol. The third-order valence-corrected chi connectivity index (χ3v) is 3.66. The number of carboxylic acid groups (broad SMARTS) is 1. The molecule has 0 amide bonds. The van der Waals surface area contributed by atoms with Gasteiger partial charge in [0.05, 0.1) is 0 Å². The lowest BCUT2D eigenvalue weighted by Crippen LogP contribution is -2.23. The molecule has 0 saturated carbocycles. The summed E-state index contributed by atoms with van der Waals surface area (Å²) >= 11 is 0. The fourth-order valence-corrected chi connectivity index (χ4v) is 2.35. The van der Waals surface area contributed by atoms with E-state index in [-0.39, 0.29) is 5.63 Å². The molecule has 0 bridgehead atoms. The van der Waals surface area contributed by atoms with Crippen molar-refractivity contribution in [2.24, 2.45) is 0 Å². The first kappa shape index (κ1) is 15.1. The van der Waals surface area contributed by atoms with Crippen LogP contribution in [-0.2, 0) is 11.2 Å². The highest BCUT2D eigenvalue weighted by Crippen LogP contribution is 2.30. The second-order valence-electron chi connectivity index (χ2n) is 5.01. The van der Waals surface area contributed by atoms with E-state index in [2.05, 4.69) is 0 Å². The lowest BCUT2D eigenvalue weighted by atomic mass is 10.0. The number of rotatable bonds is 4. The summed E-state index contributed by atoms with van der Waals surface area (Å²) in [7, 11) is 0. The maximum absolute atomic E-state index is 12.0. The highest BCUT2D eigenvalue weighted by atomic mass is 16.5. The molecule has 0 unspecified atom stereocenters. The zero-order chi connectivity index (χ0) is 15.7. The van der Waals surface area contributed by atoms with Crippen molar-refractivity contribution in [2.45, 2.75) is 40.2 Å². The van der Waals surface area contributed by atoms with Gasteiger partial charge < -0.3 is 14.3 Å². The summed E-state index contributed by atoms with van der Waals surface area (Å²) in [5, 5.41) is 9.75. The molecule has 0 aliphatic rings. The van der Waals surface area contributed by atoms with Crippen LogP contribution in [0.15, 0.2) is 21.3 Å². The molecule has 2 rings (SSSR count). The van der Waals surface area contributed by atoms with E-state index in [0.29, 0.717) is 28.9 Å². The molecule has 0 radical (unpaired) electrons. The Labute approximate surface area is 122 Å². The summed E-state index contributed by atoms with van der Waals surface area (Å²) < 4.78 is 10.8. The Bertz CT molecular complexity index is 757. The fourth-order valence-electron chi connectivity index (χ4n) is 2.35. The lowest BCUT2D eigenvalue weighted by Gasteiger charge is -2.15. The molecule has 1 N–H and O–H groups in total. The average molecular weight is 290 g/mol. The predicted molar refractivity (Wildman–Crippen MR) is 79.1 cm³/mol. The Morgan fingerprint density at radius 1 is 1.33 bits per heavy atom. The quantitative estimate of drug-likeness (QED) is 0.876. The normalized spacial score (nSPS) is 12.4. The topological polar surface area (TPSA) is 76.7 Å². The number of benzene rings is 1. The van der Waals surface area contributed by atoms with Crippen LogP contribution in [0.1, 0.15) is 30.5 Å². The first-order valence-corrected chi connectivity index (χ1v) is 6.82. The third-order valence-electron chi connectivity index (χ3n) is 3.66. The van der Waals surface area contributed by atoms with Gasteiger partial charge in [0.25, 0.3) is 0 Å². The van der Waals surface area contributed by atoms with Crippen molar-refractivity contribution in [2.75, 3.05) is 0 Å². The molecule has 1 heterocycles. The summed E-state index contributed by atoms with van der Waals surface area (Å²) in [5.74, 6) is -0.641. The number of ether oxygens (including phenoxy) is 1. The Morgan fingerprint density at radius 3 is 2.57 bits per heavy atom. The maximum Gasteiger partial charge on any atom is 0.344 e. The summed E-state index contributed by atoms with van der Waals surface area (Å²) in [6, 6.07) is 3.51. The smallest absolute Gasteiger partial charge is 0.344 e. The number of hydrogen-bond acceptors (Lipinski definition) is 4. The van der Waals surface area contributed by atoms with Gasteiger partial charge in [0.2, 0.25) is 0 Å². The van der Waals surface area contributed by atoms with Crippen LogP contribution in [0.4, 0.5) is 0 Å².